The van der Waals surface area contributed by atoms with Gasteiger partial charge in [-0.1, -0.05) is 0 Å². The predicted octanol–water partition coefficient (Wildman–Crippen LogP) is 1.90. The Labute approximate surface area is 142 Å². The van der Waals surface area contributed by atoms with Crippen LogP contribution < -0.4 is 0 Å². The van der Waals surface area contributed by atoms with Gasteiger partial charge in [-0.2, -0.15) is 0 Å². The van der Waals surface area contributed by atoms with E-state index in [4.69, 9.17) is 4.74 Å². The van der Waals surface area contributed by atoms with E-state index in [1.165, 1.54) is 0 Å². The Morgan fingerprint density at radius 1 is 1.21 bits per heavy atom. The van der Waals surface area contributed by atoms with Crippen molar-refractivity contribution in [1.29, 1.82) is 0 Å². The highest BCUT2D eigenvalue weighted by molar-refractivity contribution is 5.87. The summed E-state index contributed by atoms with van der Waals surface area (Å²) < 4.78 is 20.3. The van der Waals surface area contributed by atoms with E-state index in [-0.39, 0.29) is 17.4 Å². The van der Waals surface area contributed by atoms with Crippen LogP contribution in [0.3, 0.4) is 0 Å². The predicted molar refractivity (Wildman–Crippen MR) is 86.1 cm³/mol. The Kier molecular flexibility index (Phi) is 4.06. The number of piperidine rings is 1. The van der Waals surface area contributed by atoms with Crippen LogP contribution in [-0.2, 0) is 14.3 Å². The van der Waals surface area contributed by atoms with Crippen molar-refractivity contribution in [2.75, 3.05) is 32.8 Å². The molecule has 134 valence electrons. The van der Waals surface area contributed by atoms with Crippen LogP contribution >= 0.6 is 0 Å². The number of carbonyl (C=O) groups is 2. The van der Waals surface area contributed by atoms with Gasteiger partial charge in [-0.3, -0.25) is 9.59 Å². The van der Waals surface area contributed by atoms with Gasteiger partial charge in [0.2, 0.25) is 5.91 Å². The number of rotatable bonds is 3. The van der Waals surface area contributed by atoms with Gasteiger partial charge >= 0.3 is 0 Å². The van der Waals surface area contributed by atoms with Crippen molar-refractivity contribution in [1.82, 2.24) is 9.80 Å². The molecule has 0 N–H and O–H groups in total. The normalized spacial score (nSPS) is 31.5. The molecule has 0 unspecified atom stereocenters. The number of alkyl halides is 1. The fourth-order valence-electron chi connectivity index (χ4n) is 4.45. The van der Waals surface area contributed by atoms with E-state index < -0.39 is 5.67 Å². The molecule has 3 saturated heterocycles. The largest absolute Gasteiger partial charge is 0.371 e. The molecule has 3 heterocycles. The standard InChI is InChI=1S/C18H27FN2O3/c19-18(6-3-7-18)16(23)21-12-17(13-21)8-5-14(11-24-17)10-20-9-2-1-4-15(20)22/h14H,1-13H2/t14-/m1/s1. The minimum absolute atomic E-state index is 0.252. The van der Waals surface area contributed by atoms with Gasteiger partial charge in [0.25, 0.3) is 5.91 Å². The molecule has 1 atom stereocenters. The first kappa shape index (κ1) is 16.3. The van der Waals surface area contributed by atoms with E-state index in [2.05, 4.69) is 0 Å². The molecule has 0 aromatic carbocycles. The minimum Gasteiger partial charge on any atom is -0.371 e. The van der Waals surface area contributed by atoms with Gasteiger partial charge < -0.3 is 14.5 Å². The topological polar surface area (TPSA) is 49.9 Å². The molecule has 24 heavy (non-hydrogen) atoms. The molecule has 3 aliphatic heterocycles. The zero-order valence-electron chi connectivity index (χ0n) is 14.3. The number of likely N-dealkylation sites (tertiary alicyclic amines) is 2. The summed E-state index contributed by atoms with van der Waals surface area (Å²) in [6.07, 6.45) is 6.29. The number of amides is 2. The highest BCUT2D eigenvalue weighted by Crippen LogP contribution is 2.42. The molecule has 4 fully saturated rings. The van der Waals surface area contributed by atoms with Crippen molar-refractivity contribution in [3.63, 3.8) is 0 Å². The third-order valence-electron chi connectivity index (χ3n) is 6.31. The summed E-state index contributed by atoms with van der Waals surface area (Å²) in [7, 11) is 0. The molecule has 6 heteroatoms. The molecule has 2 amide bonds. The van der Waals surface area contributed by atoms with Gasteiger partial charge in [-0.05, 0) is 44.9 Å². The molecule has 0 radical (unpaired) electrons. The van der Waals surface area contributed by atoms with Crippen LogP contribution in [0, 0.1) is 5.92 Å². The second-order valence-corrected chi connectivity index (χ2v) is 8.18. The molecule has 4 rings (SSSR count). The average molecular weight is 338 g/mol. The van der Waals surface area contributed by atoms with Crippen molar-refractivity contribution in [3.05, 3.63) is 0 Å². The fourth-order valence-corrected chi connectivity index (χ4v) is 4.45. The molecule has 1 saturated carbocycles. The Bertz CT molecular complexity index is 518. The number of hydrogen-bond donors (Lipinski definition) is 0. The van der Waals surface area contributed by atoms with Crippen LogP contribution in [0.1, 0.15) is 51.4 Å². The van der Waals surface area contributed by atoms with Crippen molar-refractivity contribution in [3.8, 4) is 0 Å². The molecule has 1 aliphatic carbocycles. The van der Waals surface area contributed by atoms with E-state index in [0.717, 1.165) is 45.2 Å². The lowest BCUT2D eigenvalue weighted by Gasteiger charge is -2.54. The maximum Gasteiger partial charge on any atom is 0.260 e. The summed E-state index contributed by atoms with van der Waals surface area (Å²) in [6, 6.07) is 0. The molecule has 5 nitrogen and oxygen atoms in total. The summed E-state index contributed by atoms with van der Waals surface area (Å²) in [4.78, 5) is 27.7. The summed E-state index contributed by atoms with van der Waals surface area (Å²) in [5.41, 5.74) is -1.84. The van der Waals surface area contributed by atoms with Gasteiger partial charge in [-0.15, -0.1) is 0 Å². The lowest BCUT2D eigenvalue weighted by atomic mass is 9.77. The Hall–Kier alpha value is -1.17. The number of ether oxygens (including phenoxy) is 1. The molecule has 1 spiro atoms. The lowest BCUT2D eigenvalue weighted by Crippen LogP contribution is -2.69. The van der Waals surface area contributed by atoms with E-state index in [9.17, 15) is 14.0 Å². The van der Waals surface area contributed by atoms with E-state index in [1.807, 2.05) is 4.90 Å². The number of carbonyl (C=O) groups excluding carboxylic acids is 2. The minimum atomic E-state index is -1.59. The summed E-state index contributed by atoms with van der Waals surface area (Å²) >= 11 is 0. The quantitative estimate of drug-likeness (QED) is 0.790. The van der Waals surface area contributed by atoms with Crippen molar-refractivity contribution >= 4 is 11.8 Å². The van der Waals surface area contributed by atoms with Gasteiger partial charge in [0.15, 0.2) is 5.67 Å². The highest BCUT2D eigenvalue weighted by atomic mass is 19.1. The SMILES string of the molecule is O=C1CCCCN1C[C@H]1CCC2(CN(C(=O)C3(F)CCC3)C2)OC1. The van der Waals surface area contributed by atoms with Crippen LogP contribution in [-0.4, -0.2) is 65.7 Å². The third-order valence-corrected chi connectivity index (χ3v) is 6.31. The van der Waals surface area contributed by atoms with Gasteiger partial charge in [0.1, 0.15) is 5.60 Å². The molecular formula is C18H27FN2O3. The number of halogens is 1. The summed E-state index contributed by atoms with van der Waals surface area (Å²) in [5, 5.41) is 0. The number of nitrogens with zero attached hydrogens (tertiary/aromatic N) is 2. The Morgan fingerprint density at radius 3 is 2.58 bits per heavy atom. The Morgan fingerprint density at radius 2 is 2.00 bits per heavy atom. The van der Waals surface area contributed by atoms with Gasteiger partial charge in [0, 0.05) is 25.4 Å². The molecule has 0 bridgehead atoms. The monoisotopic (exact) mass is 338 g/mol. The zero-order chi connectivity index (χ0) is 16.8. The van der Waals surface area contributed by atoms with Crippen LogP contribution in [0.4, 0.5) is 4.39 Å². The second-order valence-electron chi connectivity index (χ2n) is 8.18. The maximum atomic E-state index is 14.2. The van der Waals surface area contributed by atoms with Gasteiger partial charge in [0.05, 0.1) is 19.7 Å². The molecule has 4 aliphatic rings. The number of hydrogen-bond acceptors (Lipinski definition) is 3. The van der Waals surface area contributed by atoms with Crippen molar-refractivity contribution in [2.45, 2.75) is 62.6 Å². The summed E-state index contributed by atoms with van der Waals surface area (Å²) in [6.45, 7) is 3.39. The fraction of sp³-hybridized carbons (Fsp3) is 0.889. The third kappa shape index (κ3) is 2.83. The molecule has 0 aromatic rings. The highest BCUT2D eigenvalue weighted by Gasteiger charge is 2.55. The van der Waals surface area contributed by atoms with E-state index >= 15 is 0 Å². The average Bonchev–Trinajstić information content (AvgIpc) is 2.53. The van der Waals surface area contributed by atoms with Crippen LogP contribution in [0.15, 0.2) is 0 Å². The van der Waals surface area contributed by atoms with Crippen LogP contribution in [0.2, 0.25) is 0 Å². The van der Waals surface area contributed by atoms with Gasteiger partial charge in [-0.25, -0.2) is 4.39 Å². The van der Waals surface area contributed by atoms with Crippen LogP contribution in [0.25, 0.3) is 0 Å². The second kappa shape index (κ2) is 5.97. The lowest BCUT2D eigenvalue weighted by molar-refractivity contribution is -0.200. The van der Waals surface area contributed by atoms with E-state index in [0.29, 0.717) is 44.9 Å². The molecule has 0 aromatic heterocycles. The van der Waals surface area contributed by atoms with Crippen molar-refractivity contribution < 1.29 is 18.7 Å². The first-order chi connectivity index (χ1) is 11.5. The van der Waals surface area contributed by atoms with E-state index in [1.54, 1.807) is 4.90 Å². The summed E-state index contributed by atoms with van der Waals surface area (Å²) in [5.74, 6) is 0.335. The molecular weight excluding hydrogens is 311 g/mol. The van der Waals surface area contributed by atoms with Crippen LogP contribution in [0.5, 0.6) is 0 Å². The first-order valence-corrected chi connectivity index (χ1v) is 9.40. The zero-order valence-corrected chi connectivity index (χ0v) is 14.3. The van der Waals surface area contributed by atoms with Crippen molar-refractivity contribution in [2.24, 2.45) is 5.92 Å². The maximum absolute atomic E-state index is 14.2. The Balaban J connectivity index is 1.24. The first-order valence-electron chi connectivity index (χ1n) is 9.40. The smallest absolute Gasteiger partial charge is 0.260 e.